The van der Waals surface area contributed by atoms with Gasteiger partial charge in [0, 0.05) is 19.1 Å². The molecule has 1 heterocycles. The minimum absolute atomic E-state index is 0.132. The van der Waals surface area contributed by atoms with Crippen molar-refractivity contribution >= 4 is 11.8 Å². The molecule has 0 aromatic carbocycles. The average molecular weight is 214 g/mol. The molecule has 1 aliphatic heterocycles. The van der Waals surface area contributed by atoms with Gasteiger partial charge in [-0.05, 0) is 26.2 Å². The summed E-state index contributed by atoms with van der Waals surface area (Å²) >= 11 is 0. The highest BCUT2D eigenvalue weighted by atomic mass is 16.3. The van der Waals surface area contributed by atoms with Crippen LogP contribution in [0.2, 0.25) is 0 Å². The Bertz CT molecular complexity index is 243. The first-order valence-electron chi connectivity index (χ1n) is 5.36. The van der Waals surface area contributed by atoms with E-state index >= 15 is 0 Å². The van der Waals surface area contributed by atoms with Crippen LogP contribution in [-0.4, -0.2) is 47.6 Å². The highest BCUT2D eigenvalue weighted by Gasteiger charge is 2.27. The van der Waals surface area contributed by atoms with Crippen LogP contribution in [0.15, 0.2) is 0 Å². The fourth-order valence-corrected chi connectivity index (χ4v) is 1.78. The molecule has 86 valence electrons. The van der Waals surface area contributed by atoms with Crippen LogP contribution >= 0.6 is 0 Å². The fourth-order valence-electron chi connectivity index (χ4n) is 1.78. The molecule has 5 nitrogen and oxygen atoms in total. The van der Waals surface area contributed by atoms with Gasteiger partial charge in [-0.3, -0.25) is 9.59 Å². The van der Waals surface area contributed by atoms with Crippen molar-refractivity contribution in [1.29, 1.82) is 0 Å². The van der Waals surface area contributed by atoms with Gasteiger partial charge in [0.1, 0.15) is 0 Å². The summed E-state index contributed by atoms with van der Waals surface area (Å²) in [6.07, 6.45) is 3.03. The Morgan fingerprint density at radius 3 is 2.80 bits per heavy atom. The maximum absolute atomic E-state index is 11.6. The van der Waals surface area contributed by atoms with Gasteiger partial charge < -0.3 is 15.3 Å². The standard InChI is InChI=1S/C10H18N2O3/c1-8-4-2-3-6-12(8)10(15)9(14)11-5-7-13/h8,13H,2-7H2,1H3,(H,11,14). The monoisotopic (exact) mass is 214 g/mol. The number of piperidine rings is 1. The lowest BCUT2D eigenvalue weighted by Gasteiger charge is -2.32. The third-order valence-corrected chi connectivity index (χ3v) is 2.66. The molecule has 0 aromatic heterocycles. The number of carbonyl (C=O) groups is 2. The van der Waals surface area contributed by atoms with Gasteiger partial charge in [-0.1, -0.05) is 0 Å². The molecule has 2 N–H and O–H groups in total. The highest BCUT2D eigenvalue weighted by molar-refractivity contribution is 6.35. The fraction of sp³-hybridized carbons (Fsp3) is 0.800. The molecule has 0 aromatic rings. The van der Waals surface area contributed by atoms with Crippen molar-refractivity contribution in [2.75, 3.05) is 19.7 Å². The molecule has 0 spiro atoms. The Balaban J connectivity index is 2.47. The molecule has 1 saturated heterocycles. The van der Waals surface area contributed by atoms with E-state index in [9.17, 15) is 9.59 Å². The average Bonchev–Trinajstić information content (AvgIpc) is 2.25. The van der Waals surface area contributed by atoms with Crippen LogP contribution in [0.4, 0.5) is 0 Å². The molecule has 1 aliphatic rings. The maximum Gasteiger partial charge on any atom is 0.312 e. The van der Waals surface area contributed by atoms with Crippen molar-refractivity contribution in [3.05, 3.63) is 0 Å². The van der Waals surface area contributed by atoms with Crippen molar-refractivity contribution in [2.24, 2.45) is 0 Å². The van der Waals surface area contributed by atoms with E-state index in [1.165, 1.54) is 0 Å². The first kappa shape index (κ1) is 12.0. The maximum atomic E-state index is 11.6. The zero-order valence-electron chi connectivity index (χ0n) is 9.03. The van der Waals surface area contributed by atoms with E-state index in [-0.39, 0.29) is 19.2 Å². The van der Waals surface area contributed by atoms with Crippen LogP contribution in [0.3, 0.4) is 0 Å². The third-order valence-electron chi connectivity index (χ3n) is 2.66. The summed E-state index contributed by atoms with van der Waals surface area (Å²) in [5.41, 5.74) is 0. The molecular formula is C10H18N2O3. The molecule has 0 saturated carbocycles. The second-order valence-electron chi connectivity index (χ2n) is 3.82. The van der Waals surface area contributed by atoms with Gasteiger partial charge in [-0.15, -0.1) is 0 Å². The van der Waals surface area contributed by atoms with Crippen LogP contribution in [0.1, 0.15) is 26.2 Å². The number of aliphatic hydroxyl groups is 1. The quantitative estimate of drug-likeness (QED) is 0.609. The van der Waals surface area contributed by atoms with Crippen LogP contribution in [-0.2, 0) is 9.59 Å². The van der Waals surface area contributed by atoms with Crippen molar-refractivity contribution in [1.82, 2.24) is 10.2 Å². The van der Waals surface area contributed by atoms with Crippen molar-refractivity contribution in [3.63, 3.8) is 0 Å². The van der Waals surface area contributed by atoms with Crippen molar-refractivity contribution in [3.8, 4) is 0 Å². The molecule has 5 heteroatoms. The van der Waals surface area contributed by atoms with E-state index < -0.39 is 11.8 Å². The van der Waals surface area contributed by atoms with Gasteiger partial charge in [0.2, 0.25) is 0 Å². The van der Waals surface area contributed by atoms with Gasteiger partial charge in [0.05, 0.1) is 6.61 Å². The Kier molecular flexibility index (Phi) is 4.55. The summed E-state index contributed by atoms with van der Waals surface area (Å²) in [6, 6.07) is 0.145. The molecule has 0 radical (unpaired) electrons. The number of nitrogens with zero attached hydrogens (tertiary/aromatic N) is 1. The van der Waals surface area contributed by atoms with Gasteiger partial charge in [-0.2, -0.15) is 0 Å². The summed E-state index contributed by atoms with van der Waals surface area (Å²) in [4.78, 5) is 24.6. The summed E-state index contributed by atoms with van der Waals surface area (Å²) in [5, 5.41) is 10.9. The number of nitrogens with one attached hydrogen (secondary N) is 1. The normalized spacial score (nSPS) is 21.2. The van der Waals surface area contributed by atoms with E-state index in [1.807, 2.05) is 6.92 Å². The largest absolute Gasteiger partial charge is 0.395 e. The third kappa shape index (κ3) is 3.20. The van der Waals surface area contributed by atoms with E-state index in [4.69, 9.17) is 5.11 Å². The number of amides is 2. The van der Waals surface area contributed by atoms with Crippen LogP contribution in [0.5, 0.6) is 0 Å². The number of hydrogen-bond acceptors (Lipinski definition) is 3. The molecule has 1 fully saturated rings. The molecule has 1 unspecified atom stereocenters. The zero-order chi connectivity index (χ0) is 11.3. The number of carbonyl (C=O) groups excluding carboxylic acids is 2. The number of likely N-dealkylation sites (tertiary alicyclic amines) is 1. The molecule has 0 aliphatic carbocycles. The van der Waals surface area contributed by atoms with E-state index in [1.54, 1.807) is 4.90 Å². The van der Waals surface area contributed by atoms with Crippen LogP contribution in [0.25, 0.3) is 0 Å². The van der Waals surface area contributed by atoms with Gasteiger partial charge >= 0.3 is 11.8 Å². The summed E-state index contributed by atoms with van der Waals surface area (Å²) in [7, 11) is 0. The highest BCUT2D eigenvalue weighted by Crippen LogP contribution is 2.16. The molecule has 0 bridgehead atoms. The SMILES string of the molecule is CC1CCCCN1C(=O)C(=O)NCCO. The molecule has 2 amide bonds. The molecule has 15 heavy (non-hydrogen) atoms. The van der Waals surface area contributed by atoms with Crippen molar-refractivity contribution < 1.29 is 14.7 Å². The predicted octanol–water partition coefficient (Wildman–Crippen LogP) is -0.504. The number of hydrogen-bond donors (Lipinski definition) is 2. The minimum atomic E-state index is -0.613. The van der Waals surface area contributed by atoms with E-state index in [2.05, 4.69) is 5.32 Å². The Labute approximate surface area is 89.4 Å². The Morgan fingerprint density at radius 1 is 1.47 bits per heavy atom. The summed E-state index contributed by atoms with van der Waals surface area (Å²) < 4.78 is 0. The number of rotatable bonds is 2. The van der Waals surface area contributed by atoms with Gasteiger partial charge in [0.15, 0.2) is 0 Å². The summed E-state index contributed by atoms with van der Waals surface area (Å²) in [6.45, 7) is 2.60. The van der Waals surface area contributed by atoms with Gasteiger partial charge in [0.25, 0.3) is 0 Å². The minimum Gasteiger partial charge on any atom is -0.395 e. The number of aliphatic hydroxyl groups excluding tert-OH is 1. The predicted molar refractivity (Wildman–Crippen MR) is 55.1 cm³/mol. The lowest BCUT2D eigenvalue weighted by atomic mass is 10.0. The lowest BCUT2D eigenvalue weighted by molar-refractivity contribution is -0.148. The summed E-state index contributed by atoms with van der Waals surface area (Å²) in [5.74, 6) is -1.09. The van der Waals surface area contributed by atoms with Gasteiger partial charge in [-0.25, -0.2) is 0 Å². The first-order chi connectivity index (χ1) is 7.16. The second-order valence-corrected chi connectivity index (χ2v) is 3.82. The van der Waals surface area contributed by atoms with E-state index in [0.29, 0.717) is 6.54 Å². The zero-order valence-corrected chi connectivity index (χ0v) is 9.03. The van der Waals surface area contributed by atoms with Crippen LogP contribution < -0.4 is 5.32 Å². The van der Waals surface area contributed by atoms with Crippen molar-refractivity contribution in [2.45, 2.75) is 32.2 Å². The second kappa shape index (κ2) is 5.70. The molecular weight excluding hydrogens is 196 g/mol. The molecule has 1 rings (SSSR count). The smallest absolute Gasteiger partial charge is 0.312 e. The first-order valence-corrected chi connectivity index (χ1v) is 5.36. The molecule has 1 atom stereocenters. The van der Waals surface area contributed by atoms with E-state index in [0.717, 1.165) is 19.3 Å². The Morgan fingerprint density at radius 2 is 2.20 bits per heavy atom. The van der Waals surface area contributed by atoms with Crippen LogP contribution in [0, 0.1) is 0 Å². The Hall–Kier alpha value is -1.10. The topological polar surface area (TPSA) is 69.6 Å². The lowest BCUT2D eigenvalue weighted by Crippen LogP contribution is -2.49.